The van der Waals surface area contributed by atoms with E-state index in [1.54, 1.807) is 6.21 Å². The highest BCUT2D eigenvalue weighted by Crippen LogP contribution is 2.46. The minimum absolute atomic E-state index is 0.182. The molecule has 30 heavy (non-hydrogen) atoms. The highest BCUT2D eigenvalue weighted by Gasteiger charge is 2.37. The summed E-state index contributed by atoms with van der Waals surface area (Å²) in [5.41, 5.74) is 7.81. The summed E-state index contributed by atoms with van der Waals surface area (Å²) in [4.78, 5) is 0. The van der Waals surface area contributed by atoms with Gasteiger partial charge in [-0.3, -0.25) is 0 Å². The SMILES string of the molecule is CCc1cc2c(cc1/C(C)=N/N=C/c1ccc3c(c1)OCO3)C(C)(C)CCC2(C)C. The summed E-state index contributed by atoms with van der Waals surface area (Å²) in [6.45, 7) is 14.0. The number of aryl methyl sites for hydroxylation is 1. The second kappa shape index (κ2) is 7.57. The predicted octanol–water partition coefficient (Wildman–Crippen LogP) is 6.17. The summed E-state index contributed by atoms with van der Waals surface area (Å²) < 4.78 is 10.8. The van der Waals surface area contributed by atoms with Crippen molar-refractivity contribution < 1.29 is 9.47 Å². The van der Waals surface area contributed by atoms with Gasteiger partial charge in [0.15, 0.2) is 11.5 Å². The van der Waals surface area contributed by atoms with Crippen molar-refractivity contribution in [2.75, 3.05) is 6.79 Å². The Balaban J connectivity index is 1.67. The molecule has 0 N–H and O–H groups in total. The molecule has 1 aliphatic heterocycles. The molecule has 158 valence electrons. The molecular formula is C26H32N2O2. The standard InChI is InChI=1S/C26H32N2O2/c1-7-19-13-21-22(26(5,6)11-10-25(21,3)4)14-20(19)17(2)28-27-15-18-8-9-23-24(12-18)30-16-29-23/h8-9,12-15H,7,10-11,16H2,1-6H3/b27-15+,28-17+. The Morgan fingerprint density at radius 3 is 2.33 bits per heavy atom. The molecule has 0 aromatic heterocycles. The lowest BCUT2D eigenvalue weighted by molar-refractivity contribution is 0.174. The zero-order valence-corrected chi connectivity index (χ0v) is 19.0. The second-order valence-corrected chi connectivity index (χ2v) is 9.72. The first-order valence-electron chi connectivity index (χ1n) is 10.9. The van der Waals surface area contributed by atoms with Crippen LogP contribution in [0.15, 0.2) is 40.5 Å². The molecule has 1 heterocycles. The van der Waals surface area contributed by atoms with E-state index < -0.39 is 0 Å². The van der Waals surface area contributed by atoms with E-state index in [2.05, 4.69) is 63.9 Å². The maximum Gasteiger partial charge on any atom is 0.231 e. The third-order valence-electron chi connectivity index (χ3n) is 6.66. The molecule has 4 rings (SSSR count). The van der Waals surface area contributed by atoms with Gasteiger partial charge in [-0.2, -0.15) is 10.2 Å². The average Bonchev–Trinajstić information content (AvgIpc) is 3.18. The summed E-state index contributed by atoms with van der Waals surface area (Å²) in [5, 5.41) is 8.90. The van der Waals surface area contributed by atoms with Crippen LogP contribution in [0.25, 0.3) is 0 Å². The van der Waals surface area contributed by atoms with Crippen molar-refractivity contribution in [1.29, 1.82) is 0 Å². The van der Waals surface area contributed by atoms with E-state index in [1.807, 2.05) is 18.2 Å². The van der Waals surface area contributed by atoms with Crippen molar-refractivity contribution in [3.63, 3.8) is 0 Å². The van der Waals surface area contributed by atoms with Gasteiger partial charge in [0, 0.05) is 5.56 Å². The molecule has 1 aliphatic carbocycles. The van der Waals surface area contributed by atoms with E-state index in [0.717, 1.165) is 29.2 Å². The van der Waals surface area contributed by atoms with Crippen LogP contribution in [0.4, 0.5) is 0 Å². The van der Waals surface area contributed by atoms with E-state index in [0.29, 0.717) is 0 Å². The summed E-state index contributed by atoms with van der Waals surface area (Å²) in [7, 11) is 0. The molecule has 4 heteroatoms. The lowest BCUT2D eigenvalue weighted by Crippen LogP contribution is -2.34. The van der Waals surface area contributed by atoms with E-state index in [1.165, 1.54) is 35.1 Å². The van der Waals surface area contributed by atoms with Gasteiger partial charge in [-0.25, -0.2) is 0 Å². The smallest absolute Gasteiger partial charge is 0.231 e. The number of nitrogens with zero attached hydrogens (tertiary/aromatic N) is 2. The minimum atomic E-state index is 0.182. The van der Waals surface area contributed by atoms with Gasteiger partial charge in [0.25, 0.3) is 0 Å². The first-order valence-corrected chi connectivity index (χ1v) is 10.9. The Hall–Kier alpha value is -2.62. The largest absolute Gasteiger partial charge is 0.454 e. The summed E-state index contributed by atoms with van der Waals surface area (Å²) in [6, 6.07) is 10.6. The fourth-order valence-corrected chi connectivity index (χ4v) is 4.52. The van der Waals surface area contributed by atoms with Crippen LogP contribution in [0.3, 0.4) is 0 Å². The van der Waals surface area contributed by atoms with Crippen LogP contribution >= 0.6 is 0 Å². The number of ether oxygens (including phenoxy) is 2. The first kappa shape index (κ1) is 20.6. The van der Waals surface area contributed by atoms with E-state index in [4.69, 9.17) is 9.47 Å². The van der Waals surface area contributed by atoms with Crippen molar-refractivity contribution in [2.45, 2.75) is 71.6 Å². The van der Waals surface area contributed by atoms with Crippen molar-refractivity contribution in [3.05, 3.63) is 58.1 Å². The van der Waals surface area contributed by atoms with Crippen molar-refractivity contribution in [1.82, 2.24) is 0 Å². The van der Waals surface area contributed by atoms with Gasteiger partial charge >= 0.3 is 0 Å². The number of hydrogen-bond acceptors (Lipinski definition) is 4. The molecule has 0 saturated carbocycles. The predicted molar refractivity (Wildman–Crippen MR) is 123 cm³/mol. The summed E-state index contributed by atoms with van der Waals surface area (Å²) in [5.74, 6) is 1.53. The Labute approximate surface area is 180 Å². The molecule has 0 spiro atoms. The Morgan fingerprint density at radius 2 is 1.63 bits per heavy atom. The Morgan fingerprint density at radius 1 is 0.967 bits per heavy atom. The van der Waals surface area contributed by atoms with E-state index in [9.17, 15) is 0 Å². The molecule has 4 nitrogen and oxygen atoms in total. The monoisotopic (exact) mass is 404 g/mol. The van der Waals surface area contributed by atoms with Crippen LogP contribution in [0.1, 0.15) is 82.2 Å². The minimum Gasteiger partial charge on any atom is -0.454 e. The molecule has 2 aliphatic rings. The van der Waals surface area contributed by atoms with Crippen LogP contribution in [0, 0.1) is 0 Å². The van der Waals surface area contributed by atoms with Gasteiger partial charge in [0.05, 0.1) is 11.9 Å². The van der Waals surface area contributed by atoms with Crippen molar-refractivity contribution >= 4 is 11.9 Å². The molecule has 0 bridgehead atoms. The van der Waals surface area contributed by atoms with Gasteiger partial charge < -0.3 is 9.47 Å². The third kappa shape index (κ3) is 3.76. The van der Waals surface area contributed by atoms with E-state index in [-0.39, 0.29) is 17.6 Å². The Kier molecular flexibility index (Phi) is 5.21. The molecule has 0 unspecified atom stereocenters. The average molecular weight is 405 g/mol. The molecule has 0 saturated heterocycles. The normalized spacial score (nSPS) is 19.2. The number of fused-ring (bicyclic) bond motifs is 2. The van der Waals surface area contributed by atoms with Gasteiger partial charge in [0.1, 0.15) is 0 Å². The number of benzene rings is 2. The number of hydrogen-bond donors (Lipinski definition) is 0. The van der Waals surface area contributed by atoms with Gasteiger partial charge in [0.2, 0.25) is 6.79 Å². The van der Waals surface area contributed by atoms with Gasteiger partial charge in [-0.05, 0) is 83.5 Å². The topological polar surface area (TPSA) is 43.2 Å². The molecule has 0 radical (unpaired) electrons. The van der Waals surface area contributed by atoms with Crippen LogP contribution in [-0.4, -0.2) is 18.7 Å². The van der Waals surface area contributed by atoms with Crippen LogP contribution in [-0.2, 0) is 17.3 Å². The fraction of sp³-hybridized carbons (Fsp3) is 0.462. The first-order chi connectivity index (χ1) is 14.2. The zero-order chi connectivity index (χ0) is 21.5. The number of rotatable bonds is 4. The fourth-order valence-electron chi connectivity index (χ4n) is 4.52. The zero-order valence-electron chi connectivity index (χ0n) is 19.0. The Bertz CT molecular complexity index is 1030. The van der Waals surface area contributed by atoms with Crippen LogP contribution < -0.4 is 9.47 Å². The quantitative estimate of drug-likeness (QED) is 0.452. The lowest BCUT2D eigenvalue weighted by atomic mass is 9.62. The molecule has 2 aromatic rings. The molecule has 0 fully saturated rings. The summed E-state index contributed by atoms with van der Waals surface area (Å²) >= 11 is 0. The van der Waals surface area contributed by atoms with E-state index >= 15 is 0 Å². The van der Waals surface area contributed by atoms with Crippen LogP contribution in [0.5, 0.6) is 11.5 Å². The third-order valence-corrected chi connectivity index (χ3v) is 6.66. The molecule has 0 amide bonds. The van der Waals surface area contributed by atoms with Gasteiger partial charge in [-0.1, -0.05) is 40.7 Å². The van der Waals surface area contributed by atoms with Crippen molar-refractivity contribution in [3.8, 4) is 11.5 Å². The molecule has 2 aromatic carbocycles. The van der Waals surface area contributed by atoms with Gasteiger partial charge in [-0.15, -0.1) is 0 Å². The maximum atomic E-state index is 5.44. The molecule has 0 atom stereocenters. The lowest BCUT2D eigenvalue weighted by Gasteiger charge is -2.42. The second-order valence-electron chi connectivity index (χ2n) is 9.72. The maximum absolute atomic E-state index is 5.44. The highest BCUT2D eigenvalue weighted by atomic mass is 16.7. The summed E-state index contributed by atoms with van der Waals surface area (Å²) in [6.07, 6.45) is 5.18. The van der Waals surface area contributed by atoms with Crippen LogP contribution in [0.2, 0.25) is 0 Å². The molecular weight excluding hydrogens is 372 g/mol. The highest BCUT2D eigenvalue weighted by molar-refractivity contribution is 6.00. The van der Waals surface area contributed by atoms with Crippen molar-refractivity contribution in [2.24, 2.45) is 10.2 Å².